The number of hydrogen-bond donors (Lipinski definition) is 2. The van der Waals surface area contributed by atoms with Crippen molar-refractivity contribution in [3.63, 3.8) is 0 Å². The first-order chi connectivity index (χ1) is 32.2. The molecule has 0 unspecified atom stereocenters. The minimum absolute atomic E-state index is 0.189. The Morgan fingerprint density at radius 1 is 0.424 bits per heavy atom. The molecule has 0 spiro atoms. The van der Waals surface area contributed by atoms with Crippen molar-refractivity contribution in [2.24, 2.45) is 9.98 Å². The van der Waals surface area contributed by atoms with Gasteiger partial charge in [-0.05, 0) is 176 Å². The van der Waals surface area contributed by atoms with Gasteiger partial charge >= 0.3 is 25.3 Å². The Hall–Kier alpha value is -7.41. The van der Waals surface area contributed by atoms with Gasteiger partial charge in [-0.25, -0.2) is 0 Å². The number of aryl methyl sites for hydroxylation is 4. The van der Waals surface area contributed by atoms with Crippen LogP contribution in [0.4, 0.5) is 34.1 Å². The van der Waals surface area contributed by atoms with Gasteiger partial charge < -0.3 is 20.0 Å². The van der Waals surface area contributed by atoms with Gasteiger partial charge in [-0.3, -0.25) is 9.98 Å². The van der Waals surface area contributed by atoms with E-state index in [0.29, 0.717) is 24.2 Å². The van der Waals surface area contributed by atoms with Crippen LogP contribution in [0.3, 0.4) is 0 Å². The first-order valence-corrected chi connectivity index (χ1v) is 24.2. The molecule has 0 atom stereocenters. The summed E-state index contributed by atoms with van der Waals surface area (Å²) in [6.45, 7) is 9.62. The summed E-state index contributed by atoms with van der Waals surface area (Å²) < 4.78 is 17.1. The average Bonchev–Trinajstić information content (AvgIpc) is 3.31. The standard InChI is InChI=1S/C57H52N4O2.2O.W/c1-40-32-52(60(48-18-9-5-10-19-48)49-20-11-6-12-21-49)33-41(2)56(40)44-26-28-46(54(62)36-44)38-58-30-17-31-59-39-47-29-27-45(37-55(47)63)57-42(3)34-53(35-43(57)4)61(50-22-13-7-14-23-50)51-24-15-8-16-25-51;;;/h5-16,18-29,32-39,62-63H,17,30-31H2,1-4H3;;;. The van der Waals surface area contributed by atoms with E-state index in [1.807, 2.05) is 60.7 Å². The quantitative estimate of drug-likeness (QED) is 0.0830. The third kappa shape index (κ3) is 11.3. The molecule has 0 aliphatic heterocycles. The third-order valence-electron chi connectivity index (χ3n) is 11.3. The molecule has 0 saturated carbocycles. The summed E-state index contributed by atoms with van der Waals surface area (Å²) in [4.78, 5) is 13.7. The second-order valence-electron chi connectivity index (χ2n) is 16.0. The summed E-state index contributed by atoms with van der Waals surface area (Å²) in [5, 5.41) is 22.1. The van der Waals surface area contributed by atoms with E-state index in [0.717, 1.165) is 85.1 Å². The Labute approximate surface area is 396 Å². The van der Waals surface area contributed by atoms with Crippen molar-refractivity contribution < 1.29 is 35.5 Å². The molecular weight excluding hydrogens is 988 g/mol. The van der Waals surface area contributed by atoms with Crippen LogP contribution < -0.4 is 9.80 Å². The summed E-state index contributed by atoms with van der Waals surface area (Å²) in [6, 6.07) is 62.0. The number of phenols is 2. The Bertz CT molecular complexity index is 2670. The molecule has 8 aromatic carbocycles. The molecular formula is C57H52N4O4W. The molecule has 0 aliphatic rings. The monoisotopic (exact) mass is 1040 g/mol. The molecule has 9 heteroatoms. The van der Waals surface area contributed by atoms with E-state index in [1.54, 1.807) is 12.4 Å². The van der Waals surface area contributed by atoms with Crippen molar-refractivity contribution in [3.05, 3.63) is 215 Å². The van der Waals surface area contributed by atoms with Gasteiger partial charge in [-0.1, -0.05) is 84.9 Å². The van der Waals surface area contributed by atoms with Crippen LogP contribution in [0.2, 0.25) is 0 Å². The van der Waals surface area contributed by atoms with Crippen LogP contribution >= 0.6 is 0 Å². The number of aliphatic imine (C=N–C) groups is 2. The van der Waals surface area contributed by atoms with Gasteiger partial charge in [0.2, 0.25) is 0 Å². The van der Waals surface area contributed by atoms with Gasteiger partial charge in [0.05, 0.1) is 0 Å². The van der Waals surface area contributed by atoms with E-state index in [1.165, 1.54) is 0 Å². The maximum absolute atomic E-state index is 11.1. The molecule has 8 nitrogen and oxygen atoms in total. The summed E-state index contributed by atoms with van der Waals surface area (Å²) in [5.41, 5.74) is 16.5. The number of nitrogens with zero attached hydrogens (tertiary/aromatic N) is 4. The molecule has 0 fully saturated rings. The van der Waals surface area contributed by atoms with Crippen LogP contribution in [0, 0.1) is 27.7 Å². The zero-order valence-corrected chi connectivity index (χ0v) is 40.4. The minimum atomic E-state index is -2.25. The van der Waals surface area contributed by atoms with Crippen molar-refractivity contribution in [1.82, 2.24) is 0 Å². The fourth-order valence-electron chi connectivity index (χ4n) is 8.45. The Kier molecular flexibility index (Phi) is 15.9. The molecule has 330 valence electrons. The van der Waals surface area contributed by atoms with Crippen LogP contribution in [0.25, 0.3) is 22.3 Å². The zero-order chi connectivity index (χ0) is 46.4. The van der Waals surface area contributed by atoms with E-state index in [4.69, 9.17) is 6.80 Å². The number of phenolic OH excluding ortho intramolecular Hbond substituents is 2. The number of benzene rings is 8. The van der Waals surface area contributed by atoms with Crippen LogP contribution in [-0.4, -0.2) is 35.7 Å². The van der Waals surface area contributed by atoms with E-state index >= 15 is 0 Å². The van der Waals surface area contributed by atoms with Crippen molar-refractivity contribution >= 4 is 46.6 Å². The van der Waals surface area contributed by atoms with E-state index in [9.17, 15) is 10.2 Å². The maximum atomic E-state index is 11.1. The molecule has 2 N–H and O–H groups in total. The number of hydrogen-bond acceptors (Lipinski definition) is 8. The van der Waals surface area contributed by atoms with Gasteiger partial charge in [0.1, 0.15) is 11.5 Å². The van der Waals surface area contributed by atoms with Crippen LogP contribution in [0.5, 0.6) is 11.5 Å². The molecule has 8 aromatic rings. The third-order valence-corrected chi connectivity index (χ3v) is 11.3. The first-order valence-electron chi connectivity index (χ1n) is 21.8. The number of anilines is 6. The van der Waals surface area contributed by atoms with Crippen molar-refractivity contribution in [1.29, 1.82) is 0 Å². The summed E-state index contributed by atoms with van der Waals surface area (Å²) in [7, 11) is 0. The normalized spacial score (nSPS) is 11.0. The van der Waals surface area contributed by atoms with Crippen LogP contribution in [0.15, 0.2) is 192 Å². The average molecular weight is 1040 g/mol. The second-order valence-corrected chi connectivity index (χ2v) is 16.5. The van der Waals surface area contributed by atoms with Gasteiger partial charge in [0.25, 0.3) is 0 Å². The molecule has 8 rings (SSSR count). The Balaban J connectivity index is 0.00000210. The van der Waals surface area contributed by atoms with Gasteiger partial charge in [0, 0.05) is 70.8 Å². The van der Waals surface area contributed by atoms with Crippen molar-refractivity contribution in [2.45, 2.75) is 34.1 Å². The summed E-state index contributed by atoms with van der Waals surface area (Å²) in [6.07, 6.45) is 4.18. The summed E-state index contributed by atoms with van der Waals surface area (Å²) >= 11 is -2.25. The SMILES string of the molecule is Cc1cc(N(c2ccccc2)c2ccccc2)cc(C)c1-c1ccc(C=NCCCN=Cc2ccc(-c3c(C)cc(N(c4ccccc4)c4ccccc4)cc3C)cc2O)c(O)c1.[O]=[W]=[O]. The first kappa shape index (κ1) is 46.6. The molecule has 0 aliphatic carbocycles. The number of para-hydroxylation sites is 4. The fourth-order valence-corrected chi connectivity index (χ4v) is 8.45. The van der Waals surface area contributed by atoms with Gasteiger partial charge in [0.15, 0.2) is 0 Å². The number of rotatable bonds is 14. The van der Waals surface area contributed by atoms with Crippen molar-refractivity contribution in [2.75, 3.05) is 22.9 Å². The van der Waals surface area contributed by atoms with E-state index in [-0.39, 0.29) is 11.5 Å². The second kappa shape index (κ2) is 22.5. The topological polar surface area (TPSA) is 106 Å². The molecule has 0 amide bonds. The Morgan fingerprint density at radius 3 is 0.985 bits per heavy atom. The number of aromatic hydroxyl groups is 2. The van der Waals surface area contributed by atoms with E-state index < -0.39 is 18.5 Å². The molecule has 0 aromatic heterocycles. The fraction of sp³-hybridized carbons (Fsp3) is 0.123. The van der Waals surface area contributed by atoms with Crippen LogP contribution in [0.1, 0.15) is 39.8 Å². The molecule has 66 heavy (non-hydrogen) atoms. The molecule has 0 radical (unpaired) electrons. The summed E-state index contributed by atoms with van der Waals surface area (Å²) in [5.74, 6) is 0.378. The van der Waals surface area contributed by atoms with Crippen molar-refractivity contribution in [3.8, 4) is 33.8 Å². The Morgan fingerprint density at radius 2 is 0.712 bits per heavy atom. The van der Waals surface area contributed by atoms with Gasteiger partial charge in [-0.2, -0.15) is 0 Å². The molecule has 0 bridgehead atoms. The predicted molar refractivity (Wildman–Crippen MR) is 266 cm³/mol. The predicted octanol–water partition coefficient (Wildman–Crippen LogP) is 14.3. The van der Waals surface area contributed by atoms with Crippen LogP contribution in [-0.2, 0) is 25.3 Å². The van der Waals surface area contributed by atoms with Gasteiger partial charge in [-0.15, -0.1) is 0 Å². The molecule has 0 saturated heterocycles. The van der Waals surface area contributed by atoms with E-state index in [2.05, 4.69) is 169 Å². The molecule has 0 heterocycles. The zero-order valence-electron chi connectivity index (χ0n) is 37.5.